The zero-order valence-electron chi connectivity index (χ0n) is 11.5. The average molecular weight is 365 g/mol. The minimum atomic E-state index is 0.155. The maximum Gasteiger partial charge on any atom is 0.289 e. The fraction of sp³-hybridized carbons (Fsp3) is 0.133. The second-order valence-electron chi connectivity index (χ2n) is 4.33. The number of rotatable bonds is 6. The van der Waals surface area contributed by atoms with E-state index >= 15 is 0 Å². The Kier molecular flexibility index (Phi) is 5.66. The number of hydrogen-bond donors (Lipinski definition) is 0. The summed E-state index contributed by atoms with van der Waals surface area (Å²) in [4.78, 5) is 20.0. The van der Waals surface area contributed by atoms with Crippen LogP contribution in [0.1, 0.15) is 11.1 Å². The van der Waals surface area contributed by atoms with E-state index < -0.39 is 0 Å². The van der Waals surface area contributed by atoms with Crippen molar-refractivity contribution in [3.05, 3.63) is 69.0 Å². The number of nitrogens with zero attached hydrogens (tertiary/aromatic N) is 2. The van der Waals surface area contributed by atoms with Gasteiger partial charge in [-0.1, -0.05) is 34.8 Å². The van der Waals surface area contributed by atoms with Crippen LogP contribution in [0, 0.1) is 0 Å². The highest BCUT2D eigenvalue weighted by molar-refractivity contribution is 8.04. The van der Waals surface area contributed by atoms with Gasteiger partial charge in [0, 0.05) is 36.3 Å². The van der Waals surface area contributed by atoms with Gasteiger partial charge in [0.2, 0.25) is 0 Å². The Labute approximate surface area is 144 Å². The van der Waals surface area contributed by atoms with Crippen LogP contribution in [-0.4, -0.2) is 9.97 Å². The van der Waals surface area contributed by atoms with Crippen molar-refractivity contribution in [2.75, 3.05) is 0 Å². The molecule has 0 aliphatic heterocycles. The van der Waals surface area contributed by atoms with Crippen LogP contribution in [0.25, 0.3) is 0 Å². The quantitative estimate of drug-likeness (QED) is 0.601. The normalized spacial score (nSPS) is 10.7. The molecule has 0 N–H and O–H groups in total. The average Bonchev–Trinajstić information content (AvgIpc) is 2.93. The molecule has 0 spiro atoms. The molecule has 3 aromatic rings. The molecule has 0 saturated heterocycles. The molecule has 0 aliphatic carbocycles. The predicted molar refractivity (Wildman–Crippen MR) is 96.1 cm³/mol. The van der Waals surface area contributed by atoms with E-state index in [-0.39, 0.29) is 4.06 Å². The van der Waals surface area contributed by atoms with Crippen molar-refractivity contribution in [2.24, 2.45) is 0 Å². The van der Waals surface area contributed by atoms with E-state index in [4.69, 9.17) is 0 Å². The van der Waals surface area contributed by atoms with Crippen molar-refractivity contribution in [2.45, 2.75) is 19.9 Å². The summed E-state index contributed by atoms with van der Waals surface area (Å²) < 4.78 is 2.36. The van der Waals surface area contributed by atoms with Gasteiger partial charge in [-0.25, -0.2) is 0 Å². The summed E-state index contributed by atoms with van der Waals surface area (Å²) in [6, 6.07) is 7.98. The van der Waals surface area contributed by atoms with Crippen LogP contribution in [0.2, 0.25) is 0 Å². The molecule has 3 aromatic heterocycles. The van der Waals surface area contributed by atoms with Gasteiger partial charge >= 0.3 is 0 Å². The van der Waals surface area contributed by atoms with E-state index in [1.807, 2.05) is 24.5 Å². The van der Waals surface area contributed by atoms with Crippen molar-refractivity contribution < 1.29 is 0 Å². The SMILES string of the molecule is O=c1sc(SCc2cccnc2)c(SCc2cccnc2)s1. The molecule has 0 aromatic carbocycles. The molecule has 0 unspecified atom stereocenters. The van der Waals surface area contributed by atoms with Crippen LogP contribution in [0.4, 0.5) is 0 Å². The van der Waals surface area contributed by atoms with Gasteiger partial charge in [0.15, 0.2) is 0 Å². The first-order chi connectivity index (χ1) is 10.8. The van der Waals surface area contributed by atoms with Gasteiger partial charge in [-0.15, -0.1) is 23.5 Å². The van der Waals surface area contributed by atoms with Crippen LogP contribution < -0.4 is 4.06 Å². The molecule has 7 heteroatoms. The Morgan fingerprint density at radius 3 is 1.77 bits per heavy atom. The molecule has 0 bridgehead atoms. The predicted octanol–water partition coefficient (Wildman–Crippen LogP) is 4.54. The van der Waals surface area contributed by atoms with Gasteiger partial charge in [-0.05, 0) is 23.3 Å². The maximum atomic E-state index is 11.7. The number of pyridine rings is 2. The highest BCUT2D eigenvalue weighted by atomic mass is 32.2. The molecule has 0 radical (unpaired) electrons. The summed E-state index contributed by atoms with van der Waals surface area (Å²) in [6.07, 6.45) is 7.27. The topological polar surface area (TPSA) is 42.9 Å². The fourth-order valence-corrected chi connectivity index (χ4v) is 6.81. The largest absolute Gasteiger partial charge is 0.289 e. The molecular formula is C15H12N2OS4. The zero-order valence-corrected chi connectivity index (χ0v) is 14.7. The Bertz CT molecular complexity index is 707. The Balaban J connectivity index is 1.66. The molecule has 0 aliphatic rings. The van der Waals surface area contributed by atoms with E-state index in [9.17, 15) is 4.79 Å². The molecule has 22 heavy (non-hydrogen) atoms. The van der Waals surface area contributed by atoms with Crippen LogP contribution in [-0.2, 0) is 11.5 Å². The second kappa shape index (κ2) is 7.92. The van der Waals surface area contributed by atoms with Crippen molar-refractivity contribution >= 4 is 46.2 Å². The number of hydrogen-bond acceptors (Lipinski definition) is 7. The highest BCUT2D eigenvalue weighted by Crippen LogP contribution is 2.39. The minimum Gasteiger partial charge on any atom is -0.265 e. The van der Waals surface area contributed by atoms with Gasteiger partial charge in [0.1, 0.15) is 0 Å². The van der Waals surface area contributed by atoms with E-state index in [0.29, 0.717) is 0 Å². The molecule has 3 nitrogen and oxygen atoms in total. The van der Waals surface area contributed by atoms with E-state index in [0.717, 1.165) is 19.9 Å². The molecule has 0 fully saturated rings. The van der Waals surface area contributed by atoms with Gasteiger partial charge in [0.05, 0.1) is 8.42 Å². The maximum absolute atomic E-state index is 11.7. The molecule has 112 valence electrons. The van der Waals surface area contributed by atoms with Crippen molar-refractivity contribution in [3.8, 4) is 0 Å². The van der Waals surface area contributed by atoms with Gasteiger partial charge in [-0.2, -0.15) is 0 Å². The smallest absolute Gasteiger partial charge is 0.265 e. The highest BCUT2D eigenvalue weighted by Gasteiger charge is 2.11. The van der Waals surface area contributed by atoms with Gasteiger partial charge in [-0.3, -0.25) is 14.8 Å². The van der Waals surface area contributed by atoms with Gasteiger partial charge in [0.25, 0.3) is 4.06 Å². The first-order valence-electron chi connectivity index (χ1n) is 6.48. The lowest BCUT2D eigenvalue weighted by atomic mass is 10.3. The summed E-state index contributed by atoms with van der Waals surface area (Å²) in [6.45, 7) is 0. The molecule has 3 heterocycles. The lowest BCUT2D eigenvalue weighted by molar-refractivity contribution is 1.24. The molecule has 0 atom stereocenters. The summed E-state index contributed by atoms with van der Waals surface area (Å²) in [5, 5.41) is 0. The fourth-order valence-electron chi connectivity index (χ4n) is 1.70. The number of thioether (sulfide) groups is 2. The zero-order chi connectivity index (χ0) is 15.2. The van der Waals surface area contributed by atoms with E-state index in [1.165, 1.54) is 33.8 Å². The lowest BCUT2D eigenvalue weighted by Gasteiger charge is -2.03. The molecule has 0 amide bonds. The standard InChI is InChI=1S/C15H12N2OS4/c18-15-21-13(19-9-11-3-1-5-16-7-11)14(22-15)20-10-12-4-2-6-17-8-12/h1-8H,9-10H2. The summed E-state index contributed by atoms with van der Waals surface area (Å²) >= 11 is 6.09. The lowest BCUT2D eigenvalue weighted by Crippen LogP contribution is -1.82. The molecule has 0 saturated carbocycles. The third-order valence-corrected chi connectivity index (χ3v) is 7.93. The first-order valence-corrected chi connectivity index (χ1v) is 10.1. The monoisotopic (exact) mass is 364 g/mol. The molecular weight excluding hydrogens is 352 g/mol. The van der Waals surface area contributed by atoms with Gasteiger partial charge < -0.3 is 0 Å². The van der Waals surface area contributed by atoms with E-state index in [2.05, 4.69) is 22.1 Å². The third kappa shape index (κ3) is 4.42. The summed E-state index contributed by atoms with van der Waals surface area (Å²) in [5.41, 5.74) is 2.34. The van der Waals surface area contributed by atoms with Crippen LogP contribution in [0.3, 0.4) is 0 Å². The summed E-state index contributed by atoms with van der Waals surface area (Å²) in [7, 11) is 0. The third-order valence-electron chi connectivity index (χ3n) is 2.70. The first kappa shape index (κ1) is 15.7. The molecule has 3 rings (SSSR count). The Hall–Kier alpha value is -1.15. The van der Waals surface area contributed by atoms with Crippen molar-refractivity contribution in [1.82, 2.24) is 9.97 Å². The van der Waals surface area contributed by atoms with Crippen LogP contribution >= 0.6 is 46.2 Å². The minimum absolute atomic E-state index is 0.155. The summed E-state index contributed by atoms with van der Waals surface area (Å²) in [5.74, 6) is 1.67. The van der Waals surface area contributed by atoms with Crippen molar-refractivity contribution in [1.29, 1.82) is 0 Å². The van der Waals surface area contributed by atoms with Crippen LogP contribution in [0.5, 0.6) is 0 Å². The van der Waals surface area contributed by atoms with E-state index in [1.54, 1.807) is 35.9 Å². The van der Waals surface area contributed by atoms with Crippen LogP contribution in [0.15, 0.2) is 62.3 Å². The van der Waals surface area contributed by atoms with Crippen molar-refractivity contribution in [3.63, 3.8) is 0 Å². The Morgan fingerprint density at radius 2 is 1.36 bits per heavy atom. The Morgan fingerprint density at radius 1 is 0.864 bits per heavy atom. The second-order valence-corrected chi connectivity index (χ2v) is 9.04. The number of aromatic nitrogens is 2.